The van der Waals surface area contributed by atoms with Gasteiger partial charge in [-0.3, -0.25) is 4.79 Å². The number of amides is 1. The molecule has 0 radical (unpaired) electrons. The Hall–Kier alpha value is -2.72. The second-order valence-electron chi connectivity index (χ2n) is 9.03. The molecule has 4 heterocycles. The van der Waals surface area contributed by atoms with Crippen molar-refractivity contribution in [3.63, 3.8) is 0 Å². The average molecular weight is 602 g/mol. The van der Waals surface area contributed by atoms with Crippen molar-refractivity contribution < 1.29 is 9.21 Å². The molecule has 1 amide bonds. The quantitative estimate of drug-likeness (QED) is 0.299. The van der Waals surface area contributed by atoms with Crippen molar-refractivity contribution in [2.24, 2.45) is 7.05 Å². The Morgan fingerprint density at radius 1 is 1.23 bits per heavy atom. The Kier molecular flexibility index (Phi) is 6.67. The minimum Gasteiger partial charge on any atom is -0.441 e. The fourth-order valence-corrected chi connectivity index (χ4v) is 5.44. The van der Waals surface area contributed by atoms with E-state index < -0.39 is 0 Å². The summed E-state index contributed by atoms with van der Waals surface area (Å²) in [5.41, 5.74) is 3.41. The van der Waals surface area contributed by atoms with Crippen LogP contribution in [0, 0.1) is 6.92 Å². The molecule has 10 heteroatoms. The van der Waals surface area contributed by atoms with Gasteiger partial charge in [0.25, 0.3) is 5.91 Å². The molecule has 2 atom stereocenters. The Labute approximate surface area is 220 Å². The summed E-state index contributed by atoms with van der Waals surface area (Å²) < 4.78 is 11.3. The number of rotatable bonds is 5. The van der Waals surface area contributed by atoms with Crippen molar-refractivity contribution in [1.29, 1.82) is 0 Å². The maximum atomic E-state index is 13.2. The predicted octanol–water partition coefficient (Wildman–Crippen LogP) is 5.56. The number of likely N-dealkylation sites (tertiary alicyclic amines) is 1. The number of oxazole rings is 1. The van der Waals surface area contributed by atoms with Crippen LogP contribution in [0.1, 0.15) is 53.3 Å². The van der Waals surface area contributed by atoms with E-state index in [2.05, 4.69) is 54.1 Å². The van der Waals surface area contributed by atoms with Crippen LogP contribution in [0.5, 0.6) is 0 Å². The molecule has 4 aromatic rings. The maximum absolute atomic E-state index is 13.2. The molecule has 1 aliphatic rings. The van der Waals surface area contributed by atoms with Crippen LogP contribution in [0.3, 0.4) is 0 Å². The van der Waals surface area contributed by atoms with Crippen LogP contribution in [0.15, 0.2) is 56.1 Å². The van der Waals surface area contributed by atoms with Gasteiger partial charge in [-0.2, -0.15) is 0 Å². The summed E-state index contributed by atoms with van der Waals surface area (Å²) in [6, 6.07) is 11.8. The van der Waals surface area contributed by atoms with Crippen molar-refractivity contribution in [2.45, 2.75) is 45.2 Å². The highest BCUT2D eigenvalue weighted by Crippen LogP contribution is 2.33. The van der Waals surface area contributed by atoms with Crippen LogP contribution in [-0.4, -0.2) is 47.9 Å². The highest BCUT2D eigenvalue weighted by molar-refractivity contribution is 9.13. The van der Waals surface area contributed by atoms with Gasteiger partial charge in [0.15, 0.2) is 0 Å². The van der Waals surface area contributed by atoms with Gasteiger partial charge in [-0.15, -0.1) is 5.10 Å². The van der Waals surface area contributed by atoms with E-state index in [0.29, 0.717) is 24.7 Å². The normalized spacial score (nSPS) is 18.3. The zero-order valence-electron chi connectivity index (χ0n) is 19.8. The zero-order valence-corrected chi connectivity index (χ0v) is 23.0. The summed E-state index contributed by atoms with van der Waals surface area (Å²) in [4.78, 5) is 19.8. The number of carbonyl (C=O) groups excluding carboxylic acids is 1. The van der Waals surface area contributed by atoms with Crippen LogP contribution in [0.2, 0.25) is 0 Å². The van der Waals surface area contributed by atoms with E-state index in [1.165, 1.54) is 0 Å². The van der Waals surface area contributed by atoms with Gasteiger partial charge in [-0.1, -0.05) is 23.4 Å². The number of carbonyl (C=O) groups is 1. The Balaban J connectivity index is 1.25. The highest BCUT2D eigenvalue weighted by atomic mass is 79.9. The van der Waals surface area contributed by atoms with Gasteiger partial charge < -0.3 is 13.9 Å². The predicted molar refractivity (Wildman–Crippen MR) is 139 cm³/mol. The topological polar surface area (TPSA) is 82.0 Å². The number of hydrogen-bond acceptors (Lipinski definition) is 5. The standard InChI is InChI=1S/C25H26Br2N6O2/c1-15-11-18(9-10-33(15)25(34)22-12-19(26)23(27)31(22)3)21-14-32(30-29-21)13-20-16(2)35-24(28-20)17-7-5-4-6-8-17/h4-8,12,14-15,18H,9-11,13H2,1-3H3. The molecule has 8 nitrogen and oxygen atoms in total. The number of nitrogens with zero attached hydrogens (tertiary/aromatic N) is 6. The molecular weight excluding hydrogens is 576 g/mol. The number of piperidine rings is 1. The Morgan fingerprint density at radius 3 is 2.69 bits per heavy atom. The van der Waals surface area contributed by atoms with E-state index in [9.17, 15) is 4.79 Å². The molecular formula is C25H26Br2N6O2. The lowest BCUT2D eigenvalue weighted by molar-refractivity contribution is 0.0604. The summed E-state index contributed by atoms with van der Waals surface area (Å²) in [5, 5.41) is 8.81. The van der Waals surface area contributed by atoms with Gasteiger partial charge in [-0.25, -0.2) is 9.67 Å². The lowest BCUT2D eigenvalue weighted by Gasteiger charge is -2.37. The first-order valence-electron chi connectivity index (χ1n) is 11.5. The van der Waals surface area contributed by atoms with Crippen LogP contribution < -0.4 is 0 Å². The van der Waals surface area contributed by atoms with Crippen molar-refractivity contribution >= 4 is 37.8 Å². The third-order valence-corrected chi connectivity index (χ3v) is 8.77. The molecule has 0 aliphatic carbocycles. The van der Waals surface area contributed by atoms with Gasteiger partial charge in [-0.05, 0) is 76.7 Å². The van der Waals surface area contributed by atoms with Gasteiger partial charge in [0.05, 0.1) is 21.3 Å². The lowest BCUT2D eigenvalue weighted by Crippen LogP contribution is -2.44. The highest BCUT2D eigenvalue weighted by Gasteiger charge is 2.33. The molecule has 5 rings (SSSR count). The zero-order chi connectivity index (χ0) is 24.7. The van der Waals surface area contributed by atoms with Gasteiger partial charge in [0.1, 0.15) is 17.1 Å². The summed E-state index contributed by atoms with van der Waals surface area (Å²) in [5.74, 6) is 1.69. The summed E-state index contributed by atoms with van der Waals surface area (Å²) >= 11 is 7.00. The number of benzene rings is 1. The first-order chi connectivity index (χ1) is 16.8. The van der Waals surface area contributed by atoms with Gasteiger partial charge >= 0.3 is 0 Å². The molecule has 0 saturated carbocycles. The van der Waals surface area contributed by atoms with Crippen molar-refractivity contribution in [3.8, 4) is 11.5 Å². The fourth-order valence-electron chi connectivity index (χ4n) is 4.65. The SMILES string of the molecule is Cc1oc(-c2ccccc2)nc1Cn1cc(C2CCN(C(=O)c3cc(Br)c(Br)n3C)C(C)C2)nn1. The van der Waals surface area contributed by atoms with Gasteiger partial charge in [0, 0.05) is 37.3 Å². The minimum atomic E-state index is 0.0456. The number of hydrogen-bond donors (Lipinski definition) is 0. The monoisotopic (exact) mass is 600 g/mol. The van der Waals surface area contributed by atoms with Gasteiger partial charge in [0.2, 0.25) is 5.89 Å². The molecule has 0 N–H and O–H groups in total. The van der Waals surface area contributed by atoms with E-state index >= 15 is 0 Å². The molecule has 1 fully saturated rings. The Morgan fingerprint density at radius 2 is 2.00 bits per heavy atom. The minimum absolute atomic E-state index is 0.0456. The van der Waals surface area contributed by atoms with E-state index in [0.717, 1.165) is 44.6 Å². The van der Waals surface area contributed by atoms with Crippen LogP contribution in [0.25, 0.3) is 11.5 Å². The molecule has 2 unspecified atom stereocenters. The fraction of sp³-hybridized carbons (Fsp3) is 0.360. The van der Waals surface area contributed by atoms with E-state index in [1.54, 1.807) is 0 Å². The largest absolute Gasteiger partial charge is 0.441 e. The van der Waals surface area contributed by atoms with Crippen molar-refractivity contribution in [1.82, 2.24) is 29.4 Å². The maximum Gasteiger partial charge on any atom is 0.270 e. The van der Waals surface area contributed by atoms with E-state index in [-0.39, 0.29) is 17.9 Å². The van der Waals surface area contributed by atoms with Crippen LogP contribution in [0.4, 0.5) is 0 Å². The second kappa shape index (κ2) is 9.73. The number of aromatic nitrogens is 5. The third kappa shape index (κ3) is 4.73. The smallest absolute Gasteiger partial charge is 0.270 e. The summed E-state index contributed by atoms with van der Waals surface area (Å²) in [6.07, 6.45) is 3.69. The third-order valence-electron chi connectivity index (χ3n) is 6.67. The molecule has 0 bridgehead atoms. The average Bonchev–Trinajstić information content (AvgIpc) is 3.54. The van der Waals surface area contributed by atoms with Crippen LogP contribution >= 0.6 is 31.9 Å². The molecule has 35 heavy (non-hydrogen) atoms. The van der Waals surface area contributed by atoms with Crippen LogP contribution in [-0.2, 0) is 13.6 Å². The van der Waals surface area contributed by atoms with E-state index in [4.69, 9.17) is 4.42 Å². The lowest BCUT2D eigenvalue weighted by atomic mass is 9.89. The van der Waals surface area contributed by atoms with Crippen molar-refractivity contribution in [2.75, 3.05) is 6.54 Å². The number of halogens is 2. The molecule has 1 saturated heterocycles. The Bertz CT molecular complexity index is 1360. The molecule has 1 aliphatic heterocycles. The molecule has 0 spiro atoms. The van der Waals surface area contributed by atoms with Crippen molar-refractivity contribution in [3.05, 3.63) is 74.5 Å². The summed E-state index contributed by atoms with van der Waals surface area (Å²) in [6.45, 7) is 5.20. The molecule has 1 aromatic carbocycles. The second-order valence-corrected chi connectivity index (χ2v) is 10.6. The molecule has 182 valence electrons. The first-order valence-corrected chi connectivity index (χ1v) is 13.1. The number of aryl methyl sites for hydroxylation is 1. The summed E-state index contributed by atoms with van der Waals surface area (Å²) in [7, 11) is 1.89. The van der Waals surface area contributed by atoms with E-state index in [1.807, 2.05) is 70.7 Å². The molecule has 3 aromatic heterocycles. The first kappa shape index (κ1) is 24.0.